The van der Waals surface area contributed by atoms with Crippen LogP contribution in [0.1, 0.15) is 85.0 Å². The van der Waals surface area contributed by atoms with Crippen LogP contribution in [0.3, 0.4) is 0 Å². The van der Waals surface area contributed by atoms with Gasteiger partial charge in [0.15, 0.2) is 5.78 Å². The van der Waals surface area contributed by atoms with Crippen molar-refractivity contribution in [2.24, 2.45) is 5.92 Å². The molecule has 0 bridgehead atoms. The lowest BCUT2D eigenvalue weighted by Gasteiger charge is -2.13. The van der Waals surface area contributed by atoms with Crippen LogP contribution in [-0.2, 0) is 4.79 Å². The third-order valence-electron chi connectivity index (χ3n) is 3.55. The summed E-state index contributed by atoms with van der Waals surface area (Å²) < 4.78 is 0. The Kier molecular flexibility index (Phi) is 12.4. The number of ketones is 1. The molecule has 0 aromatic carbocycles. The highest BCUT2D eigenvalue weighted by atomic mass is 16.1. The SMILES string of the molecule is C/C=C/C(=O)C(CCCCCC)CCCCCC. The Labute approximate surface area is 114 Å². The molecule has 0 aliphatic heterocycles. The normalized spacial score (nSPS) is 11.6. The van der Waals surface area contributed by atoms with Crippen molar-refractivity contribution >= 4 is 5.78 Å². The van der Waals surface area contributed by atoms with Gasteiger partial charge in [-0.05, 0) is 25.8 Å². The van der Waals surface area contributed by atoms with Crippen LogP contribution in [-0.4, -0.2) is 5.78 Å². The number of rotatable bonds is 12. The summed E-state index contributed by atoms with van der Waals surface area (Å²) in [5.41, 5.74) is 0. The molecule has 0 radical (unpaired) electrons. The summed E-state index contributed by atoms with van der Waals surface area (Å²) in [6.45, 7) is 6.39. The van der Waals surface area contributed by atoms with E-state index >= 15 is 0 Å². The molecular formula is C17H32O. The molecule has 0 rings (SSSR count). The summed E-state index contributed by atoms with van der Waals surface area (Å²) in [6.07, 6.45) is 16.0. The van der Waals surface area contributed by atoms with Crippen LogP contribution < -0.4 is 0 Å². The molecular weight excluding hydrogens is 220 g/mol. The molecule has 0 spiro atoms. The van der Waals surface area contributed by atoms with E-state index in [2.05, 4.69) is 13.8 Å². The molecule has 0 aromatic rings. The summed E-state index contributed by atoms with van der Waals surface area (Å²) in [6, 6.07) is 0. The fraction of sp³-hybridized carbons (Fsp3) is 0.824. The Morgan fingerprint density at radius 2 is 1.39 bits per heavy atom. The van der Waals surface area contributed by atoms with Crippen LogP contribution in [0.4, 0.5) is 0 Å². The maximum atomic E-state index is 12.0. The summed E-state index contributed by atoms with van der Waals surface area (Å²) in [5, 5.41) is 0. The van der Waals surface area contributed by atoms with Crippen molar-refractivity contribution in [2.45, 2.75) is 85.0 Å². The van der Waals surface area contributed by atoms with Crippen molar-refractivity contribution in [2.75, 3.05) is 0 Å². The zero-order valence-corrected chi connectivity index (χ0v) is 12.7. The summed E-state index contributed by atoms with van der Waals surface area (Å²) >= 11 is 0. The summed E-state index contributed by atoms with van der Waals surface area (Å²) in [5.74, 6) is 0.639. The highest BCUT2D eigenvalue weighted by molar-refractivity contribution is 5.91. The van der Waals surface area contributed by atoms with Crippen LogP contribution in [0.15, 0.2) is 12.2 Å². The molecule has 1 nitrogen and oxygen atoms in total. The fourth-order valence-electron chi connectivity index (χ4n) is 2.36. The van der Waals surface area contributed by atoms with E-state index in [1.165, 1.54) is 51.4 Å². The topological polar surface area (TPSA) is 17.1 Å². The van der Waals surface area contributed by atoms with E-state index in [4.69, 9.17) is 0 Å². The molecule has 0 aliphatic carbocycles. The smallest absolute Gasteiger partial charge is 0.158 e. The monoisotopic (exact) mass is 252 g/mol. The van der Waals surface area contributed by atoms with Gasteiger partial charge in [-0.2, -0.15) is 0 Å². The second-order valence-corrected chi connectivity index (χ2v) is 5.30. The number of hydrogen-bond donors (Lipinski definition) is 0. The third-order valence-corrected chi connectivity index (χ3v) is 3.55. The quantitative estimate of drug-likeness (QED) is 0.322. The van der Waals surface area contributed by atoms with E-state index in [0.717, 1.165) is 12.8 Å². The Balaban J connectivity index is 3.96. The maximum Gasteiger partial charge on any atom is 0.158 e. The fourth-order valence-corrected chi connectivity index (χ4v) is 2.36. The first-order valence-corrected chi connectivity index (χ1v) is 7.92. The molecule has 0 saturated carbocycles. The zero-order valence-electron chi connectivity index (χ0n) is 12.7. The van der Waals surface area contributed by atoms with Crippen LogP contribution in [0, 0.1) is 5.92 Å². The van der Waals surface area contributed by atoms with Gasteiger partial charge < -0.3 is 0 Å². The van der Waals surface area contributed by atoms with Gasteiger partial charge in [0.05, 0.1) is 0 Å². The molecule has 0 amide bonds. The predicted octanol–water partition coefficient (Wildman–Crippen LogP) is 5.69. The first-order valence-electron chi connectivity index (χ1n) is 7.92. The van der Waals surface area contributed by atoms with E-state index in [1.807, 2.05) is 13.0 Å². The van der Waals surface area contributed by atoms with E-state index in [1.54, 1.807) is 6.08 Å². The van der Waals surface area contributed by atoms with Gasteiger partial charge >= 0.3 is 0 Å². The van der Waals surface area contributed by atoms with Gasteiger partial charge in [-0.15, -0.1) is 0 Å². The lowest BCUT2D eigenvalue weighted by Crippen LogP contribution is -2.12. The van der Waals surface area contributed by atoms with Gasteiger partial charge in [-0.1, -0.05) is 71.3 Å². The average molecular weight is 252 g/mol. The molecule has 106 valence electrons. The first kappa shape index (κ1) is 17.4. The minimum absolute atomic E-state index is 0.287. The lowest BCUT2D eigenvalue weighted by atomic mass is 9.90. The minimum atomic E-state index is 0.287. The average Bonchev–Trinajstić information content (AvgIpc) is 2.37. The number of allylic oxidation sites excluding steroid dienone is 2. The Morgan fingerprint density at radius 1 is 0.889 bits per heavy atom. The molecule has 18 heavy (non-hydrogen) atoms. The molecule has 0 heterocycles. The number of unbranched alkanes of at least 4 members (excludes halogenated alkanes) is 6. The predicted molar refractivity (Wildman–Crippen MR) is 80.8 cm³/mol. The molecule has 0 atom stereocenters. The van der Waals surface area contributed by atoms with Crippen molar-refractivity contribution in [3.8, 4) is 0 Å². The summed E-state index contributed by atoms with van der Waals surface area (Å²) in [7, 11) is 0. The van der Waals surface area contributed by atoms with Crippen LogP contribution in [0.5, 0.6) is 0 Å². The highest BCUT2D eigenvalue weighted by Gasteiger charge is 2.14. The molecule has 0 N–H and O–H groups in total. The Morgan fingerprint density at radius 3 is 1.78 bits per heavy atom. The van der Waals surface area contributed by atoms with Crippen LogP contribution >= 0.6 is 0 Å². The van der Waals surface area contributed by atoms with Gasteiger partial charge in [-0.3, -0.25) is 4.79 Å². The molecule has 0 aromatic heterocycles. The largest absolute Gasteiger partial charge is 0.295 e. The maximum absolute atomic E-state index is 12.0. The number of carbonyl (C=O) groups is 1. The van der Waals surface area contributed by atoms with Crippen molar-refractivity contribution in [3.63, 3.8) is 0 Å². The van der Waals surface area contributed by atoms with Crippen molar-refractivity contribution < 1.29 is 4.79 Å². The molecule has 0 saturated heterocycles. The van der Waals surface area contributed by atoms with Crippen molar-refractivity contribution in [1.82, 2.24) is 0 Å². The minimum Gasteiger partial charge on any atom is -0.295 e. The van der Waals surface area contributed by atoms with Crippen molar-refractivity contribution in [3.05, 3.63) is 12.2 Å². The second kappa shape index (κ2) is 12.9. The molecule has 0 fully saturated rings. The van der Waals surface area contributed by atoms with Crippen LogP contribution in [0.25, 0.3) is 0 Å². The van der Waals surface area contributed by atoms with E-state index < -0.39 is 0 Å². The molecule has 0 aliphatic rings. The van der Waals surface area contributed by atoms with Crippen LogP contribution in [0.2, 0.25) is 0 Å². The first-order chi connectivity index (χ1) is 8.76. The number of carbonyl (C=O) groups excluding carboxylic acids is 1. The lowest BCUT2D eigenvalue weighted by molar-refractivity contribution is -0.118. The van der Waals surface area contributed by atoms with Gasteiger partial charge in [0.2, 0.25) is 0 Å². The Hall–Kier alpha value is -0.590. The van der Waals surface area contributed by atoms with Gasteiger partial charge in [0, 0.05) is 5.92 Å². The standard InChI is InChI=1S/C17H32O/c1-4-7-9-11-14-16(17(18)13-6-3)15-12-10-8-5-2/h6,13,16H,4-5,7-12,14-15H2,1-3H3/b13-6+. The van der Waals surface area contributed by atoms with E-state index in [9.17, 15) is 4.79 Å². The van der Waals surface area contributed by atoms with Crippen molar-refractivity contribution in [1.29, 1.82) is 0 Å². The Bertz CT molecular complexity index is 206. The zero-order chi connectivity index (χ0) is 13.6. The highest BCUT2D eigenvalue weighted by Crippen LogP contribution is 2.19. The summed E-state index contributed by atoms with van der Waals surface area (Å²) in [4.78, 5) is 12.0. The second-order valence-electron chi connectivity index (χ2n) is 5.30. The van der Waals surface area contributed by atoms with E-state index in [-0.39, 0.29) is 5.92 Å². The molecule has 1 heteroatoms. The number of hydrogen-bond acceptors (Lipinski definition) is 1. The van der Waals surface area contributed by atoms with Gasteiger partial charge in [0.25, 0.3) is 0 Å². The van der Waals surface area contributed by atoms with Gasteiger partial charge in [-0.25, -0.2) is 0 Å². The van der Waals surface area contributed by atoms with Gasteiger partial charge in [0.1, 0.15) is 0 Å². The third kappa shape index (κ3) is 9.44. The molecule has 0 unspecified atom stereocenters. The van der Waals surface area contributed by atoms with E-state index in [0.29, 0.717) is 5.78 Å².